The van der Waals surface area contributed by atoms with Crippen molar-refractivity contribution in [3.63, 3.8) is 0 Å². The summed E-state index contributed by atoms with van der Waals surface area (Å²) < 4.78 is 40.4. The van der Waals surface area contributed by atoms with E-state index in [1.165, 1.54) is 19.9 Å². The number of hydrogen-bond acceptors (Lipinski definition) is 17. The minimum Gasteiger partial charge on any atom is -0.459 e. The van der Waals surface area contributed by atoms with Gasteiger partial charge in [-0.15, -0.1) is 0 Å². The molecule has 17 nitrogen and oxygen atoms in total. The molecule has 10 N–H and O–H groups in total. The third kappa shape index (κ3) is 19.1. The Morgan fingerprint density at radius 1 is 0.753 bits per heavy atom. The minimum atomic E-state index is -2.13. The number of carbonyl (C=O) groups excluding carboxylic acids is 1. The van der Waals surface area contributed by atoms with Gasteiger partial charge in [-0.25, -0.2) is 4.79 Å². The summed E-state index contributed by atoms with van der Waals surface area (Å²) in [4.78, 5) is 12.4. The molecule has 5 rings (SSSR count). The van der Waals surface area contributed by atoms with Crippen LogP contribution in [-0.4, -0.2) is 167 Å². The second kappa shape index (κ2) is 31.3. The highest BCUT2D eigenvalue weighted by atomic mass is 32.1. The molecular weight excluding hydrogens is 963 g/mol. The van der Waals surface area contributed by atoms with Gasteiger partial charge in [0.25, 0.3) is 0 Å². The lowest BCUT2D eigenvalue weighted by Crippen LogP contribution is -2.60. The Morgan fingerprint density at radius 3 is 1.74 bits per heavy atom. The molecule has 12 atom stereocenters. The number of carbonyl (C=O) groups is 1. The number of esters is 1. The lowest BCUT2D eigenvalue weighted by atomic mass is 9.68. The Balaban J connectivity index is 0.000000723. The fourth-order valence-electron chi connectivity index (χ4n) is 9.22. The summed E-state index contributed by atoms with van der Waals surface area (Å²) in [6.07, 6.45) is 3.24. The van der Waals surface area contributed by atoms with E-state index in [2.05, 4.69) is 0 Å². The summed E-state index contributed by atoms with van der Waals surface area (Å²) in [6.45, 7) is 11.6. The van der Waals surface area contributed by atoms with Crippen molar-refractivity contribution in [3.05, 3.63) is 119 Å². The van der Waals surface area contributed by atoms with Gasteiger partial charge in [-0.05, 0) is 69.2 Å². The van der Waals surface area contributed by atoms with Crippen molar-refractivity contribution in [2.45, 2.75) is 167 Å². The fraction of sp³-hybridized carbons (Fsp3) is 0.611. The van der Waals surface area contributed by atoms with E-state index in [1.54, 1.807) is 62.4 Å². The second-order valence-corrected chi connectivity index (χ2v) is 20.0. The van der Waals surface area contributed by atoms with Crippen LogP contribution in [0.5, 0.6) is 0 Å². The smallest absolute Gasteiger partial charge is 0.338 e. The zero-order valence-corrected chi connectivity index (χ0v) is 43.3. The molecule has 3 saturated heterocycles. The predicted octanol–water partition coefficient (Wildman–Crippen LogP) is 3.79. The maximum Gasteiger partial charge on any atom is 0.338 e. The number of aliphatic hydroxyl groups is 10. The highest BCUT2D eigenvalue weighted by molar-refractivity contribution is 7.51. The molecule has 3 radical (unpaired) electrons. The second-order valence-electron chi connectivity index (χ2n) is 19.8. The highest BCUT2D eigenvalue weighted by Crippen LogP contribution is 2.49. The Morgan fingerprint density at radius 2 is 1.23 bits per heavy atom. The first-order valence-electron chi connectivity index (χ1n) is 24.0. The van der Waals surface area contributed by atoms with E-state index in [-0.39, 0.29) is 67.4 Å². The number of benzene rings is 2. The van der Waals surface area contributed by atoms with Gasteiger partial charge in [-0.1, -0.05) is 132 Å². The van der Waals surface area contributed by atoms with Gasteiger partial charge >= 0.3 is 17.5 Å². The summed E-state index contributed by atoms with van der Waals surface area (Å²) >= 11 is -0.750. The van der Waals surface area contributed by atoms with Gasteiger partial charge in [0.05, 0.1) is 74.2 Å². The van der Waals surface area contributed by atoms with Gasteiger partial charge < -0.3 is 70.0 Å². The van der Waals surface area contributed by atoms with E-state index in [0.29, 0.717) is 36.8 Å². The van der Waals surface area contributed by atoms with Gasteiger partial charge in [-0.2, -0.15) is 8.42 Å². The molecule has 3 aliphatic rings. The summed E-state index contributed by atoms with van der Waals surface area (Å²) in [7, 11) is 0. The third-order valence-corrected chi connectivity index (χ3v) is 13.5. The van der Waals surface area contributed by atoms with E-state index in [0.717, 1.165) is 16.7 Å². The van der Waals surface area contributed by atoms with Crippen LogP contribution < -0.4 is 0 Å². The first-order valence-corrected chi connectivity index (χ1v) is 24.7. The third-order valence-electron chi connectivity index (χ3n) is 13.5. The van der Waals surface area contributed by atoms with Crippen LogP contribution in [-0.2, 0) is 36.9 Å². The Bertz CT molecular complexity index is 2090. The van der Waals surface area contributed by atoms with Crippen molar-refractivity contribution in [2.75, 3.05) is 26.4 Å². The lowest BCUT2D eigenvalue weighted by molar-refractivity contribution is -0.325. The van der Waals surface area contributed by atoms with Gasteiger partial charge in [0.15, 0.2) is 5.79 Å². The van der Waals surface area contributed by atoms with Crippen LogP contribution in [0.15, 0.2) is 108 Å². The van der Waals surface area contributed by atoms with Gasteiger partial charge in [0, 0.05) is 38.0 Å². The van der Waals surface area contributed by atoms with Crippen molar-refractivity contribution in [1.29, 1.82) is 0 Å². The van der Waals surface area contributed by atoms with Crippen molar-refractivity contribution in [3.8, 4) is 0 Å². The summed E-state index contributed by atoms with van der Waals surface area (Å²) in [5.74, 6) is -4.36. The molecule has 0 aromatic heterocycles. The normalized spacial score (nSPS) is 28.8. The topological polar surface area (TPSA) is 290 Å². The molecule has 0 unspecified atom stereocenters. The first kappa shape index (κ1) is 67.2. The highest BCUT2D eigenvalue weighted by Gasteiger charge is 2.56. The van der Waals surface area contributed by atoms with Crippen LogP contribution in [0.2, 0.25) is 0 Å². The number of ether oxygens (including phenoxy) is 4. The molecule has 3 aliphatic heterocycles. The van der Waals surface area contributed by atoms with Crippen molar-refractivity contribution in [1.82, 2.24) is 0 Å². The minimum absolute atomic E-state index is 0. The molecular formula is C54H82BO17S. The van der Waals surface area contributed by atoms with Crippen LogP contribution in [0.1, 0.15) is 110 Å². The SMILES string of the molecule is C.C[C@@H](O)[C@H](O)C[C@@H]1C/C(=C\CO)[C@H](C)[C@](O)(C(C)(C)Cc2ccccc2)O1.C[C@@H](O)[C@H](O)C[C@@H]1C/C(=C\CO)[C@H](O)[C@](O)(C(C)(C)/C=C/[C@H]2C/C(=C\CO)C[C@@H](COC(=O)c3ccccc3)O2)O1.O=S=O.[B]. The van der Waals surface area contributed by atoms with Gasteiger partial charge in [0.1, 0.15) is 12.7 Å². The lowest BCUT2D eigenvalue weighted by Gasteiger charge is -2.52. The molecule has 0 saturated carbocycles. The van der Waals surface area contributed by atoms with Crippen molar-refractivity contribution in [2.24, 2.45) is 16.7 Å². The number of hydrogen-bond donors (Lipinski definition) is 10. The summed E-state index contributed by atoms with van der Waals surface area (Å²) in [6, 6.07) is 18.6. The van der Waals surface area contributed by atoms with E-state index in [4.69, 9.17) is 27.4 Å². The molecule has 0 spiro atoms. The number of aliphatic hydroxyl groups excluding tert-OH is 8. The number of rotatable bonds is 18. The predicted molar refractivity (Wildman–Crippen MR) is 277 cm³/mol. The first-order chi connectivity index (χ1) is 33.4. The molecule has 73 heavy (non-hydrogen) atoms. The van der Waals surface area contributed by atoms with Crippen LogP contribution in [0.4, 0.5) is 0 Å². The summed E-state index contributed by atoms with van der Waals surface area (Å²) in [5, 5.41) is 103. The van der Waals surface area contributed by atoms with Gasteiger partial charge in [0.2, 0.25) is 5.79 Å². The molecule has 0 aliphatic carbocycles. The van der Waals surface area contributed by atoms with E-state index in [1.807, 2.05) is 57.2 Å². The van der Waals surface area contributed by atoms with Crippen LogP contribution in [0, 0.1) is 16.7 Å². The van der Waals surface area contributed by atoms with E-state index < -0.39 is 94.9 Å². The Kier molecular flexibility index (Phi) is 28.9. The Hall–Kier alpha value is -3.77. The fourth-order valence-corrected chi connectivity index (χ4v) is 9.22. The summed E-state index contributed by atoms with van der Waals surface area (Å²) in [5.41, 5.74) is 1.94. The average Bonchev–Trinajstić information content (AvgIpc) is 3.31. The molecule has 2 aromatic rings. The average molecular weight is 1050 g/mol. The monoisotopic (exact) mass is 1050 g/mol. The van der Waals surface area contributed by atoms with Crippen molar-refractivity contribution < 1.29 is 83.2 Å². The molecule has 3 heterocycles. The van der Waals surface area contributed by atoms with Gasteiger partial charge in [-0.3, -0.25) is 0 Å². The zero-order valence-electron chi connectivity index (χ0n) is 42.5. The molecule has 2 aromatic carbocycles. The standard InChI is InChI=1S/C31H44O10.C22H34O5.CH4.B.O2S/c1-20(34)27(35)18-25-17-23(11-14-33)28(36)31(38,41-25)30(2,3)12-9-24-15-21(10-13-32)16-26(40-24)19-39-29(37)22-7-5-4-6-8-22;1-15-18(10-11-23)12-19(13-20(25)16(2)24)27-22(15,26)21(3,4)14-17-8-6-5-7-9-17;;;1-3-2/h4-12,20,24-28,32-36,38H,13-19H2,1-3H3;5-10,15-16,19-20,23-26H,11-14H2,1-4H3;1H4;;/b12-9+,21-10+,23-11+;18-10+;;;/t20-,24+,25+,26+,27-,28+,31-;15-,16+,19-,20+,22+;;;/m10.../s1. The van der Waals surface area contributed by atoms with Crippen LogP contribution in [0.25, 0.3) is 0 Å². The maximum absolute atomic E-state index is 12.4. The quantitative estimate of drug-likeness (QED) is 0.0577. The maximum atomic E-state index is 12.4. The van der Waals surface area contributed by atoms with Crippen molar-refractivity contribution >= 4 is 26.0 Å². The van der Waals surface area contributed by atoms with Crippen LogP contribution >= 0.6 is 0 Å². The zero-order chi connectivity index (χ0) is 53.2. The largest absolute Gasteiger partial charge is 0.459 e. The molecule has 409 valence electrons. The molecule has 3 fully saturated rings. The Labute approximate surface area is 437 Å². The molecule has 19 heteroatoms. The van der Waals surface area contributed by atoms with E-state index in [9.17, 15) is 55.9 Å². The van der Waals surface area contributed by atoms with E-state index >= 15 is 0 Å². The van der Waals surface area contributed by atoms with Crippen LogP contribution in [0.3, 0.4) is 0 Å². The molecule has 0 bridgehead atoms. The molecule has 0 amide bonds.